The van der Waals surface area contributed by atoms with Crippen LogP contribution in [0, 0.1) is 5.82 Å². The van der Waals surface area contributed by atoms with Crippen LogP contribution in [0.2, 0.25) is 0 Å². The molecule has 0 saturated carbocycles. The molecule has 0 atom stereocenters. The van der Waals surface area contributed by atoms with Crippen LogP contribution in [0.15, 0.2) is 23.1 Å². The average molecular weight is 274 g/mol. The van der Waals surface area contributed by atoms with Crippen LogP contribution in [0.3, 0.4) is 0 Å². The molecular weight excluding hydrogens is 259 g/mol. The fraction of sp³-hybridized carbons (Fsp3) is 0.364. The Labute approximate surface area is 105 Å². The van der Waals surface area contributed by atoms with Crippen molar-refractivity contribution in [2.75, 3.05) is 25.1 Å². The lowest BCUT2D eigenvalue weighted by atomic mass is 10.3. The van der Waals surface area contributed by atoms with Crippen molar-refractivity contribution >= 4 is 21.4 Å². The average Bonchev–Trinajstić information content (AvgIpc) is 2.26. The van der Waals surface area contributed by atoms with E-state index in [1.54, 1.807) is 6.92 Å². The molecule has 0 aromatic heterocycles. The molecular formula is C11H15FN2O3S. The van der Waals surface area contributed by atoms with Gasteiger partial charge in [0.15, 0.2) is 9.84 Å². The molecule has 1 rings (SSSR count). The number of hydrogen-bond donors (Lipinski definition) is 1. The number of rotatable bonds is 4. The van der Waals surface area contributed by atoms with Crippen molar-refractivity contribution < 1.29 is 17.6 Å². The Morgan fingerprint density at radius 3 is 2.50 bits per heavy atom. The first-order valence-electron chi connectivity index (χ1n) is 5.29. The third-order valence-corrected chi connectivity index (χ3v) is 4.05. The van der Waals surface area contributed by atoms with Crippen LogP contribution in [0.4, 0.5) is 10.1 Å². The summed E-state index contributed by atoms with van der Waals surface area (Å²) in [7, 11) is -2.37. The Morgan fingerprint density at radius 2 is 2.00 bits per heavy atom. The van der Waals surface area contributed by atoms with Gasteiger partial charge in [-0.05, 0) is 25.1 Å². The van der Waals surface area contributed by atoms with E-state index in [4.69, 9.17) is 5.73 Å². The SMILES string of the molecule is CCN(C)C(=O)CS(=O)(=O)c1cc(N)cc(F)c1. The highest BCUT2D eigenvalue weighted by molar-refractivity contribution is 7.92. The zero-order chi connectivity index (χ0) is 13.9. The Kier molecular flexibility index (Phi) is 4.28. The number of nitrogens with zero attached hydrogens (tertiary/aromatic N) is 1. The number of carbonyl (C=O) groups excluding carboxylic acids is 1. The topological polar surface area (TPSA) is 80.5 Å². The standard InChI is InChI=1S/C11H15FN2O3S/c1-3-14(2)11(15)7-18(16,17)10-5-8(12)4-9(13)6-10/h4-6H,3,7,13H2,1-2H3. The van der Waals surface area contributed by atoms with Crippen LogP contribution in [0.1, 0.15) is 6.92 Å². The van der Waals surface area contributed by atoms with Crippen LogP contribution < -0.4 is 5.73 Å². The third kappa shape index (κ3) is 3.43. The second-order valence-electron chi connectivity index (χ2n) is 3.89. The predicted molar refractivity (Wildman–Crippen MR) is 66.2 cm³/mol. The van der Waals surface area contributed by atoms with Gasteiger partial charge in [0.2, 0.25) is 5.91 Å². The molecule has 5 nitrogen and oxygen atoms in total. The fourth-order valence-electron chi connectivity index (χ4n) is 1.30. The second-order valence-corrected chi connectivity index (χ2v) is 5.88. The first-order valence-corrected chi connectivity index (χ1v) is 6.94. The van der Waals surface area contributed by atoms with E-state index in [0.717, 1.165) is 18.2 Å². The smallest absolute Gasteiger partial charge is 0.237 e. The number of amides is 1. The van der Waals surface area contributed by atoms with Crippen LogP contribution in [0.5, 0.6) is 0 Å². The number of nitrogens with two attached hydrogens (primary N) is 1. The zero-order valence-electron chi connectivity index (χ0n) is 10.2. The van der Waals surface area contributed by atoms with Gasteiger partial charge in [-0.3, -0.25) is 4.79 Å². The van der Waals surface area contributed by atoms with Gasteiger partial charge >= 0.3 is 0 Å². The lowest BCUT2D eigenvalue weighted by Gasteiger charge is -2.14. The molecule has 0 radical (unpaired) electrons. The van der Waals surface area contributed by atoms with Crippen molar-refractivity contribution in [2.24, 2.45) is 0 Å². The summed E-state index contributed by atoms with van der Waals surface area (Å²) in [6.07, 6.45) is 0. The van der Waals surface area contributed by atoms with Crippen LogP contribution in [-0.4, -0.2) is 38.6 Å². The van der Waals surface area contributed by atoms with E-state index >= 15 is 0 Å². The molecule has 0 aliphatic carbocycles. The van der Waals surface area contributed by atoms with Crippen molar-refractivity contribution in [1.82, 2.24) is 4.90 Å². The maximum Gasteiger partial charge on any atom is 0.237 e. The summed E-state index contributed by atoms with van der Waals surface area (Å²) in [5.74, 6) is -1.98. The second kappa shape index (κ2) is 5.34. The number of nitrogen functional groups attached to an aromatic ring is 1. The van der Waals surface area contributed by atoms with E-state index in [9.17, 15) is 17.6 Å². The van der Waals surface area contributed by atoms with E-state index in [1.807, 2.05) is 0 Å². The molecule has 18 heavy (non-hydrogen) atoms. The molecule has 1 amide bonds. The molecule has 0 aliphatic rings. The normalized spacial score (nSPS) is 11.3. The van der Waals surface area contributed by atoms with E-state index in [-0.39, 0.29) is 10.6 Å². The molecule has 100 valence electrons. The molecule has 0 aliphatic heterocycles. The first-order chi connectivity index (χ1) is 8.26. The highest BCUT2D eigenvalue weighted by Crippen LogP contribution is 2.17. The summed E-state index contributed by atoms with van der Waals surface area (Å²) in [5.41, 5.74) is 5.38. The van der Waals surface area contributed by atoms with Crippen molar-refractivity contribution in [1.29, 1.82) is 0 Å². The maximum absolute atomic E-state index is 13.1. The number of benzene rings is 1. The minimum absolute atomic E-state index is 0.00451. The summed E-state index contributed by atoms with van der Waals surface area (Å²) < 4.78 is 36.9. The van der Waals surface area contributed by atoms with Gasteiger partial charge < -0.3 is 10.6 Å². The Bertz CT molecular complexity index is 537. The molecule has 0 heterocycles. The number of carbonyl (C=O) groups is 1. The molecule has 1 aromatic rings. The highest BCUT2D eigenvalue weighted by atomic mass is 32.2. The maximum atomic E-state index is 13.1. The third-order valence-electron chi connectivity index (χ3n) is 2.47. The minimum atomic E-state index is -3.87. The quantitative estimate of drug-likeness (QED) is 0.818. The van der Waals surface area contributed by atoms with E-state index < -0.39 is 27.3 Å². The Morgan fingerprint density at radius 1 is 1.39 bits per heavy atom. The summed E-state index contributed by atoms with van der Waals surface area (Å²) in [5, 5.41) is 0. The summed E-state index contributed by atoms with van der Waals surface area (Å²) in [6, 6.07) is 3.00. The Balaban J connectivity index is 3.03. The van der Waals surface area contributed by atoms with Crippen molar-refractivity contribution in [3.63, 3.8) is 0 Å². The zero-order valence-corrected chi connectivity index (χ0v) is 11.0. The monoisotopic (exact) mass is 274 g/mol. The molecule has 0 fully saturated rings. The molecule has 7 heteroatoms. The molecule has 0 spiro atoms. The summed E-state index contributed by atoms with van der Waals surface area (Å²) >= 11 is 0. The molecule has 1 aromatic carbocycles. The molecule has 0 saturated heterocycles. The molecule has 2 N–H and O–H groups in total. The number of halogens is 1. The molecule has 0 bridgehead atoms. The van der Waals surface area contributed by atoms with E-state index in [2.05, 4.69) is 0 Å². The minimum Gasteiger partial charge on any atom is -0.399 e. The van der Waals surface area contributed by atoms with Crippen molar-refractivity contribution in [3.05, 3.63) is 24.0 Å². The van der Waals surface area contributed by atoms with Gasteiger partial charge in [-0.2, -0.15) is 0 Å². The fourth-order valence-corrected chi connectivity index (χ4v) is 2.62. The van der Waals surface area contributed by atoms with Gasteiger partial charge in [0.05, 0.1) is 4.90 Å². The summed E-state index contributed by atoms with van der Waals surface area (Å²) in [4.78, 5) is 12.6. The van der Waals surface area contributed by atoms with Gasteiger partial charge in [0.25, 0.3) is 0 Å². The number of sulfone groups is 1. The molecule has 0 unspecified atom stereocenters. The van der Waals surface area contributed by atoms with Crippen LogP contribution >= 0.6 is 0 Å². The van der Waals surface area contributed by atoms with Crippen LogP contribution in [0.25, 0.3) is 0 Å². The Hall–Kier alpha value is -1.63. The predicted octanol–water partition coefficient (Wildman–Crippen LogP) is 0.660. The number of hydrogen-bond acceptors (Lipinski definition) is 4. The van der Waals surface area contributed by atoms with Crippen molar-refractivity contribution in [2.45, 2.75) is 11.8 Å². The first kappa shape index (κ1) is 14.4. The van der Waals surface area contributed by atoms with Gasteiger partial charge in [0.1, 0.15) is 11.6 Å². The summed E-state index contributed by atoms with van der Waals surface area (Å²) in [6.45, 7) is 2.13. The lowest BCUT2D eigenvalue weighted by Crippen LogP contribution is -2.32. The highest BCUT2D eigenvalue weighted by Gasteiger charge is 2.22. The largest absolute Gasteiger partial charge is 0.399 e. The van der Waals surface area contributed by atoms with E-state index in [0.29, 0.717) is 6.54 Å². The van der Waals surface area contributed by atoms with Crippen molar-refractivity contribution in [3.8, 4) is 0 Å². The van der Waals surface area contributed by atoms with Gasteiger partial charge in [-0.1, -0.05) is 0 Å². The van der Waals surface area contributed by atoms with Crippen LogP contribution in [-0.2, 0) is 14.6 Å². The lowest BCUT2D eigenvalue weighted by molar-refractivity contribution is -0.126. The van der Waals surface area contributed by atoms with Gasteiger partial charge in [-0.15, -0.1) is 0 Å². The van der Waals surface area contributed by atoms with Gasteiger partial charge in [0, 0.05) is 19.3 Å². The van der Waals surface area contributed by atoms with E-state index in [1.165, 1.54) is 11.9 Å². The van der Waals surface area contributed by atoms with Gasteiger partial charge in [-0.25, -0.2) is 12.8 Å². The number of anilines is 1.